The Morgan fingerprint density at radius 1 is 1.12 bits per heavy atom. The van der Waals surface area contributed by atoms with Crippen LogP contribution in [0.1, 0.15) is 11.7 Å². The number of anilines is 1. The topological polar surface area (TPSA) is 84.1 Å². The molecule has 0 fully saturated rings. The van der Waals surface area contributed by atoms with E-state index < -0.39 is 6.10 Å². The van der Waals surface area contributed by atoms with Gasteiger partial charge in [0.1, 0.15) is 6.33 Å². The van der Waals surface area contributed by atoms with Crippen LogP contribution in [0.3, 0.4) is 0 Å². The first-order valence-corrected chi connectivity index (χ1v) is 8.08. The van der Waals surface area contributed by atoms with Gasteiger partial charge in [-0.15, -0.1) is 0 Å². The van der Waals surface area contributed by atoms with E-state index in [2.05, 4.69) is 15.0 Å². The quantitative estimate of drug-likeness (QED) is 0.773. The smallest absolute Gasteiger partial charge is 0.255 e. The zero-order valence-electron chi connectivity index (χ0n) is 13.5. The highest BCUT2D eigenvalue weighted by Crippen LogP contribution is 2.23. The Labute approximate surface area is 144 Å². The normalized spacial score (nSPS) is 14.4. The molecule has 1 aliphatic heterocycles. The van der Waals surface area contributed by atoms with E-state index in [-0.39, 0.29) is 5.56 Å². The molecule has 2 aromatic heterocycles. The lowest BCUT2D eigenvalue weighted by atomic mass is 10.1. The number of hydrogen-bond acceptors (Lipinski definition) is 6. The first-order valence-electron chi connectivity index (χ1n) is 8.08. The maximum Gasteiger partial charge on any atom is 0.255 e. The van der Waals surface area contributed by atoms with Crippen molar-refractivity contribution in [2.45, 2.75) is 12.6 Å². The molecular weight excluding hydrogens is 318 g/mol. The van der Waals surface area contributed by atoms with E-state index in [4.69, 9.17) is 0 Å². The molecule has 1 aliphatic rings. The molecular formula is C18H17N5O2. The predicted octanol–water partition coefficient (Wildman–Crippen LogP) is 1.25. The highest BCUT2D eigenvalue weighted by molar-refractivity contribution is 5.55. The minimum atomic E-state index is -0.646. The van der Waals surface area contributed by atoms with Crippen LogP contribution >= 0.6 is 0 Å². The molecule has 0 radical (unpaired) electrons. The largest absolute Gasteiger partial charge is 0.387 e. The van der Waals surface area contributed by atoms with Crippen molar-refractivity contribution in [2.24, 2.45) is 0 Å². The van der Waals surface area contributed by atoms with Gasteiger partial charge in [-0.2, -0.15) is 0 Å². The molecule has 0 spiro atoms. The molecule has 3 heterocycles. The Kier molecular flexibility index (Phi) is 3.99. The predicted molar refractivity (Wildman–Crippen MR) is 93.1 cm³/mol. The van der Waals surface area contributed by atoms with Gasteiger partial charge in [0, 0.05) is 25.4 Å². The highest BCUT2D eigenvalue weighted by atomic mass is 16.3. The number of rotatable bonds is 4. The summed E-state index contributed by atoms with van der Waals surface area (Å²) in [5, 5.41) is 10.5. The van der Waals surface area contributed by atoms with E-state index in [9.17, 15) is 9.90 Å². The van der Waals surface area contributed by atoms with Crippen molar-refractivity contribution in [3.63, 3.8) is 0 Å². The maximum atomic E-state index is 12.4. The fourth-order valence-electron chi connectivity index (χ4n) is 3.00. The number of aliphatic hydroxyl groups excluding tert-OH is 1. The summed E-state index contributed by atoms with van der Waals surface area (Å²) < 4.78 is 1.63. The van der Waals surface area contributed by atoms with Gasteiger partial charge in [0.05, 0.1) is 24.0 Å². The molecule has 126 valence electrons. The summed E-state index contributed by atoms with van der Waals surface area (Å²) in [7, 11) is 0. The van der Waals surface area contributed by atoms with Crippen molar-refractivity contribution in [3.8, 4) is 11.4 Å². The van der Waals surface area contributed by atoms with Gasteiger partial charge in [0.15, 0.2) is 0 Å². The van der Waals surface area contributed by atoms with Gasteiger partial charge in [-0.05, 0) is 11.6 Å². The third kappa shape index (κ3) is 3.01. The third-order valence-corrected chi connectivity index (χ3v) is 4.29. The molecule has 7 heteroatoms. The molecule has 1 atom stereocenters. The van der Waals surface area contributed by atoms with E-state index >= 15 is 0 Å². The maximum absolute atomic E-state index is 12.4. The standard InChI is InChI=1S/C18H17N5O2/c24-16(13-4-2-1-3-5-13)11-22-8-9-23-17(25)10-15(21-18(22)23)14-6-7-19-12-20-14/h1-7,10,12,16,24H,8-9,11H2. The zero-order chi connectivity index (χ0) is 17.2. The molecule has 3 aromatic rings. The van der Waals surface area contributed by atoms with Crippen LogP contribution in [-0.2, 0) is 6.54 Å². The van der Waals surface area contributed by atoms with Crippen LogP contribution in [0.4, 0.5) is 5.95 Å². The van der Waals surface area contributed by atoms with Gasteiger partial charge in [-0.25, -0.2) is 15.0 Å². The molecule has 0 amide bonds. The number of hydrogen-bond donors (Lipinski definition) is 1. The second-order valence-electron chi connectivity index (χ2n) is 5.90. The fourth-order valence-corrected chi connectivity index (χ4v) is 3.00. The highest BCUT2D eigenvalue weighted by Gasteiger charge is 2.25. The molecule has 7 nitrogen and oxygen atoms in total. The molecule has 0 aliphatic carbocycles. The number of benzene rings is 1. The summed E-state index contributed by atoms with van der Waals surface area (Å²) in [6.45, 7) is 1.58. The molecule has 0 saturated carbocycles. The Morgan fingerprint density at radius 3 is 2.72 bits per heavy atom. The summed E-state index contributed by atoms with van der Waals surface area (Å²) in [6, 6.07) is 12.7. The average molecular weight is 335 g/mol. The number of nitrogens with zero attached hydrogens (tertiary/aromatic N) is 5. The Morgan fingerprint density at radius 2 is 1.96 bits per heavy atom. The molecule has 0 bridgehead atoms. The van der Waals surface area contributed by atoms with Crippen molar-refractivity contribution in [1.82, 2.24) is 19.5 Å². The van der Waals surface area contributed by atoms with Crippen molar-refractivity contribution in [2.75, 3.05) is 18.0 Å². The van der Waals surface area contributed by atoms with Gasteiger partial charge in [0.2, 0.25) is 5.95 Å². The average Bonchev–Trinajstić information content (AvgIpc) is 3.06. The van der Waals surface area contributed by atoms with E-state index in [1.165, 1.54) is 12.4 Å². The van der Waals surface area contributed by atoms with Crippen LogP contribution in [0.15, 0.2) is 59.8 Å². The monoisotopic (exact) mass is 335 g/mol. The van der Waals surface area contributed by atoms with Crippen molar-refractivity contribution in [1.29, 1.82) is 0 Å². The van der Waals surface area contributed by atoms with Crippen LogP contribution in [0.25, 0.3) is 11.4 Å². The Balaban J connectivity index is 1.65. The zero-order valence-corrected chi connectivity index (χ0v) is 13.5. The lowest BCUT2D eigenvalue weighted by molar-refractivity contribution is 0.184. The second kappa shape index (κ2) is 6.45. The first-order chi connectivity index (χ1) is 12.2. The number of fused-ring (bicyclic) bond motifs is 1. The van der Waals surface area contributed by atoms with Crippen LogP contribution in [0, 0.1) is 0 Å². The summed E-state index contributed by atoms with van der Waals surface area (Å²) >= 11 is 0. The lowest BCUT2D eigenvalue weighted by Gasteiger charge is -2.21. The molecule has 1 aromatic carbocycles. The fraction of sp³-hybridized carbons (Fsp3) is 0.222. The van der Waals surface area contributed by atoms with Crippen LogP contribution in [-0.4, -0.2) is 37.7 Å². The van der Waals surface area contributed by atoms with E-state index in [0.717, 1.165) is 5.56 Å². The first kappa shape index (κ1) is 15.5. The molecule has 0 saturated heterocycles. The molecule has 4 rings (SSSR count). The van der Waals surface area contributed by atoms with Crippen molar-refractivity contribution >= 4 is 5.95 Å². The Bertz CT molecular complexity index is 927. The molecule has 25 heavy (non-hydrogen) atoms. The summed E-state index contributed by atoms with van der Waals surface area (Å²) in [6.07, 6.45) is 2.40. The van der Waals surface area contributed by atoms with Gasteiger partial charge < -0.3 is 10.0 Å². The van der Waals surface area contributed by atoms with Crippen molar-refractivity contribution in [3.05, 3.63) is 70.9 Å². The summed E-state index contributed by atoms with van der Waals surface area (Å²) in [5.74, 6) is 0.566. The van der Waals surface area contributed by atoms with Crippen LogP contribution in [0.2, 0.25) is 0 Å². The lowest BCUT2D eigenvalue weighted by Crippen LogP contribution is -2.28. The Hall–Kier alpha value is -3.06. The van der Waals surface area contributed by atoms with Gasteiger partial charge in [-0.3, -0.25) is 9.36 Å². The van der Waals surface area contributed by atoms with Crippen molar-refractivity contribution < 1.29 is 5.11 Å². The number of aliphatic hydroxyl groups is 1. The van der Waals surface area contributed by atoms with E-state index in [1.54, 1.807) is 16.8 Å². The summed E-state index contributed by atoms with van der Waals surface area (Å²) in [5.41, 5.74) is 1.84. The second-order valence-corrected chi connectivity index (χ2v) is 5.90. The molecule has 1 unspecified atom stereocenters. The third-order valence-electron chi connectivity index (χ3n) is 4.29. The summed E-state index contributed by atoms with van der Waals surface area (Å²) in [4.78, 5) is 27.0. The van der Waals surface area contributed by atoms with Gasteiger partial charge >= 0.3 is 0 Å². The van der Waals surface area contributed by atoms with E-state index in [0.29, 0.717) is 37.0 Å². The minimum absolute atomic E-state index is 0.115. The molecule has 1 N–H and O–H groups in total. The van der Waals surface area contributed by atoms with Crippen LogP contribution in [0.5, 0.6) is 0 Å². The van der Waals surface area contributed by atoms with E-state index in [1.807, 2.05) is 35.2 Å². The SMILES string of the molecule is O=c1cc(-c2ccncn2)nc2n1CCN2CC(O)c1ccccc1. The van der Waals surface area contributed by atoms with Gasteiger partial charge in [0.25, 0.3) is 5.56 Å². The number of aromatic nitrogens is 4. The van der Waals surface area contributed by atoms with Gasteiger partial charge in [-0.1, -0.05) is 30.3 Å². The minimum Gasteiger partial charge on any atom is -0.387 e. The number of β-amino-alcohol motifs (C(OH)–C–C–N with tert-alkyl or cyclic N) is 1. The van der Waals surface area contributed by atoms with Crippen LogP contribution < -0.4 is 10.5 Å².